The van der Waals surface area contributed by atoms with Gasteiger partial charge in [0.15, 0.2) is 0 Å². The lowest BCUT2D eigenvalue weighted by Crippen LogP contribution is -2.43. The summed E-state index contributed by atoms with van der Waals surface area (Å²) < 4.78 is 5.34. The van der Waals surface area contributed by atoms with Crippen molar-refractivity contribution in [2.45, 2.75) is 13.0 Å². The zero-order chi connectivity index (χ0) is 8.81. The van der Waals surface area contributed by atoms with Crippen molar-refractivity contribution in [1.82, 2.24) is 4.90 Å². The van der Waals surface area contributed by atoms with Gasteiger partial charge in [0.2, 0.25) is 0 Å². The SMILES string of the molecule is CC1COCCN1CC=CCS. The van der Waals surface area contributed by atoms with Crippen LogP contribution in [0.15, 0.2) is 12.2 Å². The largest absolute Gasteiger partial charge is 0.379 e. The fraction of sp³-hybridized carbons (Fsp3) is 0.778. The van der Waals surface area contributed by atoms with Crippen LogP contribution >= 0.6 is 12.6 Å². The highest BCUT2D eigenvalue weighted by atomic mass is 32.1. The smallest absolute Gasteiger partial charge is 0.0619 e. The summed E-state index contributed by atoms with van der Waals surface area (Å²) in [6, 6.07) is 0.559. The molecule has 0 amide bonds. The Labute approximate surface area is 80.0 Å². The molecule has 1 saturated heterocycles. The number of rotatable bonds is 3. The maximum Gasteiger partial charge on any atom is 0.0619 e. The van der Waals surface area contributed by atoms with Crippen LogP contribution in [0.5, 0.6) is 0 Å². The Morgan fingerprint density at radius 1 is 1.58 bits per heavy atom. The third-order valence-corrected chi connectivity index (χ3v) is 2.33. The van der Waals surface area contributed by atoms with Crippen LogP contribution in [0.1, 0.15) is 6.92 Å². The molecule has 3 heteroatoms. The highest BCUT2D eigenvalue weighted by Crippen LogP contribution is 2.05. The minimum atomic E-state index is 0.559. The van der Waals surface area contributed by atoms with Gasteiger partial charge in [0.25, 0.3) is 0 Å². The second-order valence-electron chi connectivity index (χ2n) is 3.07. The van der Waals surface area contributed by atoms with Gasteiger partial charge in [0.1, 0.15) is 0 Å². The third kappa shape index (κ3) is 3.17. The minimum absolute atomic E-state index is 0.559. The van der Waals surface area contributed by atoms with Gasteiger partial charge in [-0.1, -0.05) is 12.2 Å². The van der Waals surface area contributed by atoms with Crippen molar-refractivity contribution in [1.29, 1.82) is 0 Å². The molecule has 0 spiro atoms. The van der Waals surface area contributed by atoms with Crippen LogP contribution in [-0.4, -0.2) is 43.0 Å². The van der Waals surface area contributed by atoms with Crippen LogP contribution < -0.4 is 0 Å². The summed E-state index contributed by atoms with van der Waals surface area (Å²) in [5.74, 6) is 0.832. The van der Waals surface area contributed by atoms with Gasteiger partial charge in [0.05, 0.1) is 13.2 Å². The van der Waals surface area contributed by atoms with Crippen LogP contribution in [0.4, 0.5) is 0 Å². The van der Waals surface area contributed by atoms with E-state index in [0.29, 0.717) is 6.04 Å². The van der Waals surface area contributed by atoms with Crippen LogP contribution in [-0.2, 0) is 4.74 Å². The summed E-state index contributed by atoms with van der Waals surface area (Å²) in [5.41, 5.74) is 0. The van der Waals surface area contributed by atoms with Gasteiger partial charge >= 0.3 is 0 Å². The van der Waals surface area contributed by atoms with E-state index in [4.69, 9.17) is 4.74 Å². The molecule has 0 radical (unpaired) electrons. The van der Waals surface area contributed by atoms with Gasteiger partial charge in [-0.05, 0) is 6.92 Å². The molecule has 1 atom stereocenters. The molecule has 1 aliphatic rings. The second kappa shape index (κ2) is 5.62. The molecule has 0 aliphatic carbocycles. The number of ether oxygens (including phenoxy) is 1. The summed E-state index contributed by atoms with van der Waals surface area (Å²) in [6.07, 6.45) is 4.26. The molecule has 0 N–H and O–H groups in total. The van der Waals surface area contributed by atoms with Crippen molar-refractivity contribution < 1.29 is 4.74 Å². The van der Waals surface area contributed by atoms with Gasteiger partial charge < -0.3 is 4.74 Å². The Bertz CT molecular complexity index is 149. The highest BCUT2D eigenvalue weighted by molar-refractivity contribution is 7.80. The van der Waals surface area contributed by atoms with E-state index >= 15 is 0 Å². The van der Waals surface area contributed by atoms with Crippen LogP contribution in [0, 0.1) is 0 Å². The molecule has 1 fully saturated rings. The zero-order valence-corrected chi connectivity index (χ0v) is 8.46. The molecule has 0 bridgehead atoms. The fourth-order valence-electron chi connectivity index (χ4n) is 1.32. The molecule has 0 saturated carbocycles. The maximum atomic E-state index is 5.34. The van der Waals surface area contributed by atoms with Crippen molar-refractivity contribution in [2.24, 2.45) is 0 Å². The van der Waals surface area contributed by atoms with E-state index in [-0.39, 0.29) is 0 Å². The van der Waals surface area contributed by atoms with E-state index in [0.717, 1.165) is 32.1 Å². The monoisotopic (exact) mass is 187 g/mol. The van der Waals surface area contributed by atoms with E-state index in [9.17, 15) is 0 Å². The highest BCUT2D eigenvalue weighted by Gasteiger charge is 2.16. The first kappa shape index (κ1) is 10.1. The number of nitrogens with zero attached hydrogens (tertiary/aromatic N) is 1. The summed E-state index contributed by atoms with van der Waals surface area (Å²) in [4.78, 5) is 2.42. The Morgan fingerprint density at radius 3 is 3.08 bits per heavy atom. The lowest BCUT2D eigenvalue weighted by molar-refractivity contribution is 0.00555. The average molecular weight is 187 g/mol. The van der Waals surface area contributed by atoms with Crippen molar-refractivity contribution in [3.8, 4) is 0 Å². The second-order valence-corrected chi connectivity index (χ2v) is 3.44. The molecule has 0 aromatic rings. The molecule has 12 heavy (non-hydrogen) atoms. The Kier molecular flexibility index (Phi) is 4.73. The summed E-state index contributed by atoms with van der Waals surface area (Å²) in [7, 11) is 0. The van der Waals surface area contributed by atoms with Gasteiger partial charge in [-0.15, -0.1) is 0 Å². The molecule has 0 aromatic heterocycles. The predicted molar refractivity (Wildman–Crippen MR) is 54.8 cm³/mol. The molecule has 70 valence electrons. The van der Waals surface area contributed by atoms with Crippen molar-refractivity contribution in [3.63, 3.8) is 0 Å². The van der Waals surface area contributed by atoms with Crippen molar-refractivity contribution in [2.75, 3.05) is 32.1 Å². The van der Waals surface area contributed by atoms with Crippen LogP contribution in [0.3, 0.4) is 0 Å². The van der Waals surface area contributed by atoms with E-state index in [1.54, 1.807) is 0 Å². The predicted octanol–water partition coefficient (Wildman–Crippen LogP) is 1.19. The molecular weight excluding hydrogens is 170 g/mol. The summed E-state index contributed by atoms with van der Waals surface area (Å²) in [6.45, 7) is 6.03. The first-order valence-electron chi connectivity index (χ1n) is 4.42. The lowest BCUT2D eigenvalue weighted by atomic mass is 10.2. The quantitative estimate of drug-likeness (QED) is 0.526. The van der Waals surface area contributed by atoms with Crippen molar-refractivity contribution >= 4 is 12.6 Å². The van der Waals surface area contributed by atoms with Gasteiger partial charge in [-0.3, -0.25) is 4.90 Å². The Hall–Kier alpha value is 0.01000. The lowest BCUT2D eigenvalue weighted by Gasteiger charge is -2.32. The Morgan fingerprint density at radius 2 is 2.42 bits per heavy atom. The summed E-state index contributed by atoms with van der Waals surface area (Å²) in [5, 5.41) is 0. The van der Waals surface area contributed by atoms with E-state index in [1.807, 2.05) is 0 Å². The normalized spacial score (nSPS) is 26.7. The molecular formula is C9H17NOS. The zero-order valence-electron chi connectivity index (χ0n) is 7.57. The minimum Gasteiger partial charge on any atom is -0.379 e. The van der Waals surface area contributed by atoms with Gasteiger partial charge in [0, 0.05) is 24.9 Å². The average Bonchev–Trinajstić information content (AvgIpc) is 2.09. The van der Waals surface area contributed by atoms with Gasteiger partial charge in [-0.2, -0.15) is 12.6 Å². The van der Waals surface area contributed by atoms with Crippen LogP contribution in [0.25, 0.3) is 0 Å². The molecule has 0 aromatic carbocycles. The van der Waals surface area contributed by atoms with E-state index in [2.05, 4.69) is 36.6 Å². The number of morpholine rings is 1. The first-order chi connectivity index (χ1) is 5.84. The molecule has 1 aliphatic heterocycles. The van der Waals surface area contributed by atoms with Gasteiger partial charge in [-0.25, -0.2) is 0 Å². The first-order valence-corrected chi connectivity index (χ1v) is 5.05. The molecule has 1 heterocycles. The topological polar surface area (TPSA) is 12.5 Å². The van der Waals surface area contributed by atoms with E-state index in [1.165, 1.54) is 0 Å². The summed E-state index contributed by atoms with van der Waals surface area (Å²) >= 11 is 4.11. The maximum absolute atomic E-state index is 5.34. The van der Waals surface area contributed by atoms with Crippen molar-refractivity contribution in [3.05, 3.63) is 12.2 Å². The number of hydrogen-bond acceptors (Lipinski definition) is 3. The van der Waals surface area contributed by atoms with Crippen LogP contribution in [0.2, 0.25) is 0 Å². The Balaban J connectivity index is 2.24. The molecule has 1 unspecified atom stereocenters. The fourth-order valence-corrected chi connectivity index (χ4v) is 1.47. The standard InChI is InChI=1S/C9H17NOS/c1-9-8-11-6-5-10(9)4-2-3-7-12/h2-3,9,12H,4-8H2,1H3. The molecule has 1 rings (SSSR count). The number of hydrogen-bond donors (Lipinski definition) is 1. The molecule has 2 nitrogen and oxygen atoms in total. The third-order valence-electron chi connectivity index (χ3n) is 2.12. The number of thiol groups is 1. The van der Waals surface area contributed by atoms with E-state index < -0.39 is 0 Å².